The number of hydrogen-bond donors (Lipinski definition) is 1. The van der Waals surface area contributed by atoms with Gasteiger partial charge >= 0.3 is 0 Å². The van der Waals surface area contributed by atoms with Crippen LogP contribution in [0, 0.1) is 0 Å². The number of H-pyrrole nitrogens is 1. The highest BCUT2D eigenvalue weighted by Gasteiger charge is 2.28. The number of methoxy groups -OCH3 is 1. The van der Waals surface area contributed by atoms with Crippen molar-refractivity contribution in [2.45, 2.75) is 18.9 Å². The third-order valence-corrected chi connectivity index (χ3v) is 6.80. The van der Waals surface area contributed by atoms with Crippen molar-refractivity contribution >= 4 is 27.8 Å². The molecule has 6 rings (SSSR count). The number of hydrogen-bond acceptors (Lipinski definition) is 3. The minimum Gasteiger partial charge on any atom is -0.497 e. The summed E-state index contributed by atoms with van der Waals surface area (Å²) in [7, 11) is 1.65. The number of imidazole rings is 1. The van der Waals surface area contributed by atoms with Gasteiger partial charge in [0.05, 0.1) is 18.1 Å². The molecule has 6 heteroatoms. The van der Waals surface area contributed by atoms with Gasteiger partial charge in [0.15, 0.2) is 0 Å². The average Bonchev–Trinajstić information content (AvgIpc) is 3.50. The summed E-state index contributed by atoms with van der Waals surface area (Å²) in [5.41, 5.74) is 4.84. The number of nitrogens with zero attached hydrogens (tertiary/aromatic N) is 3. The number of para-hydroxylation sites is 2. The molecule has 0 atom stereocenters. The van der Waals surface area contributed by atoms with Gasteiger partial charge in [-0.1, -0.05) is 42.5 Å². The van der Waals surface area contributed by atoms with E-state index in [1.165, 1.54) is 0 Å². The molecular formula is C28H26N4O2. The van der Waals surface area contributed by atoms with Gasteiger partial charge in [-0.2, -0.15) is 0 Å². The zero-order chi connectivity index (χ0) is 23.1. The second kappa shape index (κ2) is 8.37. The fraction of sp³-hybridized carbons (Fsp3) is 0.214. The summed E-state index contributed by atoms with van der Waals surface area (Å²) in [4.78, 5) is 23.5. The molecule has 1 N–H and O–H groups in total. The van der Waals surface area contributed by atoms with Crippen molar-refractivity contribution in [1.29, 1.82) is 0 Å². The summed E-state index contributed by atoms with van der Waals surface area (Å²) in [5.74, 6) is 1.83. The number of carbonyl (C=O) groups is 1. The van der Waals surface area contributed by atoms with E-state index < -0.39 is 0 Å². The van der Waals surface area contributed by atoms with Gasteiger partial charge in [-0.3, -0.25) is 4.79 Å². The van der Waals surface area contributed by atoms with Crippen molar-refractivity contribution in [1.82, 2.24) is 19.4 Å². The van der Waals surface area contributed by atoms with Crippen LogP contribution in [0.2, 0.25) is 0 Å². The number of piperidine rings is 1. The van der Waals surface area contributed by atoms with Gasteiger partial charge in [0.1, 0.15) is 17.3 Å². The molecule has 3 aromatic carbocycles. The van der Waals surface area contributed by atoms with E-state index in [1.807, 2.05) is 41.3 Å². The fourth-order valence-electron chi connectivity index (χ4n) is 5.06. The van der Waals surface area contributed by atoms with Crippen molar-refractivity contribution in [3.8, 4) is 17.1 Å². The fourth-order valence-corrected chi connectivity index (χ4v) is 5.06. The second-order valence-electron chi connectivity index (χ2n) is 8.82. The molecule has 1 aliphatic rings. The summed E-state index contributed by atoms with van der Waals surface area (Å²) in [6, 6.07) is 26.7. The number of rotatable bonds is 4. The van der Waals surface area contributed by atoms with E-state index in [4.69, 9.17) is 9.72 Å². The SMILES string of the molecule is COc1ccc2[nH]c(C(=O)N3CCC(n4c(-c5ccccc5)nc5ccccc54)CC3)cc2c1. The third kappa shape index (κ3) is 3.52. The Morgan fingerprint density at radius 3 is 2.53 bits per heavy atom. The van der Waals surface area contributed by atoms with Crippen LogP contribution >= 0.6 is 0 Å². The van der Waals surface area contributed by atoms with Gasteiger partial charge < -0.3 is 19.2 Å². The highest BCUT2D eigenvalue weighted by atomic mass is 16.5. The Kier molecular flexibility index (Phi) is 5.06. The van der Waals surface area contributed by atoms with Crippen LogP contribution in [0.25, 0.3) is 33.3 Å². The van der Waals surface area contributed by atoms with Crippen LogP contribution in [0.4, 0.5) is 0 Å². The number of likely N-dealkylation sites (tertiary alicyclic amines) is 1. The van der Waals surface area contributed by atoms with E-state index >= 15 is 0 Å². The smallest absolute Gasteiger partial charge is 0.270 e. The van der Waals surface area contributed by atoms with Crippen LogP contribution in [0.5, 0.6) is 5.75 Å². The lowest BCUT2D eigenvalue weighted by Crippen LogP contribution is -2.39. The Bertz CT molecular complexity index is 1480. The summed E-state index contributed by atoms with van der Waals surface area (Å²) < 4.78 is 7.69. The zero-order valence-electron chi connectivity index (χ0n) is 19.1. The van der Waals surface area contributed by atoms with Gasteiger partial charge in [0.25, 0.3) is 5.91 Å². The lowest BCUT2D eigenvalue weighted by molar-refractivity contribution is 0.0691. The summed E-state index contributed by atoms with van der Waals surface area (Å²) >= 11 is 0. The van der Waals surface area contributed by atoms with Crippen molar-refractivity contribution in [2.24, 2.45) is 0 Å². The van der Waals surface area contributed by atoms with Gasteiger partial charge in [0, 0.05) is 35.6 Å². The highest BCUT2D eigenvalue weighted by Crippen LogP contribution is 2.34. The Hall–Kier alpha value is -4.06. The van der Waals surface area contributed by atoms with Gasteiger partial charge in [0.2, 0.25) is 0 Å². The van der Waals surface area contributed by atoms with E-state index in [9.17, 15) is 4.79 Å². The molecule has 1 aliphatic heterocycles. The topological polar surface area (TPSA) is 63.2 Å². The normalized spacial score (nSPS) is 14.7. The predicted molar refractivity (Wildman–Crippen MR) is 134 cm³/mol. The minimum atomic E-state index is 0.0485. The van der Waals surface area contributed by atoms with Crippen LogP contribution in [0.1, 0.15) is 29.4 Å². The van der Waals surface area contributed by atoms with E-state index in [-0.39, 0.29) is 5.91 Å². The number of fused-ring (bicyclic) bond motifs is 2. The number of carbonyl (C=O) groups excluding carboxylic acids is 1. The predicted octanol–water partition coefficient (Wildman–Crippen LogP) is 5.67. The molecule has 5 aromatic rings. The van der Waals surface area contributed by atoms with Crippen molar-refractivity contribution < 1.29 is 9.53 Å². The summed E-state index contributed by atoms with van der Waals surface area (Å²) in [6.45, 7) is 1.42. The first-order chi connectivity index (χ1) is 16.7. The molecule has 0 bridgehead atoms. The zero-order valence-corrected chi connectivity index (χ0v) is 19.1. The Morgan fingerprint density at radius 1 is 0.971 bits per heavy atom. The van der Waals surface area contributed by atoms with Crippen molar-refractivity contribution in [3.63, 3.8) is 0 Å². The minimum absolute atomic E-state index is 0.0485. The standard InChI is InChI=1S/C28H26N4O2/c1-34-22-11-12-23-20(17-22)18-25(29-23)28(33)31-15-13-21(14-16-31)32-26-10-6-5-9-24(26)30-27(32)19-7-3-2-4-8-19/h2-12,17-18,21,29H,13-16H2,1H3. The number of nitrogens with one attached hydrogen (secondary N) is 1. The van der Waals surface area contributed by atoms with E-state index in [1.54, 1.807) is 7.11 Å². The average molecular weight is 451 g/mol. The number of benzene rings is 3. The molecule has 1 fully saturated rings. The molecule has 0 radical (unpaired) electrons. The Morgan fingerprint density at radius 2 is 1.74 bits per heavy atom. The van der Waals surface area contributed by atoms with Crippen LogP contribution in [-0.4, -0.2) is 45.5 Å². The third-order valence-electron chi connectivity index (χ3n) is 6.80. The van der Waals surface area contributed by atoms with Crippen LogP contribution in [0.3, 0.4) is 0 Å². The molecule has 0 unspecified atom stereocenters. The highest BCUT2D eigenvalue weighted by molar-refractivity contribution is 5.98. The lowest BCUT2D eigenvalue weighted by atomic mass is 10.0. The van der Waals surface area contributed by atoms with Crippen LogP contribution in [-0.2, 0) is 0 Å². The quantitative estimate of drug-likeness (QED) is 0.384. The molecule has 170 valence electrons. The molecule has 0 spiro atoms. The maximum Gasteiger partial charge on any atom is 0.270 e. The van der Waals surface area contributed by atoms with Crippen molar-refractivity contribution in [2.75, 3.05) is 20.2 Å². The van der Waals surface area contributed by atoms with Gasteiger partial charge in [-0.05, 0) is 49.2 Å². The molecular weight excluding hydrogens is 424 g/mol. The van der Waals surface area contributed by atoms with E-state index in [2.05, 4.69) is 52.0 Å². The lowest BCUT2D eigenvalue weighted by Gasteiger charge is -2.33. The molecule has 1 amide bonds. The summed E-state index contributed by atoms with van der Waals surface area (Å²) in [5, 5.41) is 0.981. The number of aromatic nitrogens is 3. The molecule has 0 aliphatic carbocycles. The number of aromatic amines is 1. The number of ether oxygens (including phenoxy) is 1. The number of amides is 1. The van der Waals surface area contributed by atoms with Crippen LogP contribution < -0.4 is 4.74 Å². The van der Waals surface area contributed by atoms with E-state index in [0.29, 0.717) is 24.8 Å². The summed E-state index contributed by atoms with van der Waals surface area (Å²) in [6.07, 6.45) is 1.78. The van der Waals surface area contributed by atoms with Crippen molar-refractivity contribution in [3.05, 3.63) is 84.6 Å². The molecule has 34 heavy (non-hydrogen) atoms. The molecule has 1 saturated heterocycles. The largest absolute Gasteiger partial charge is 0.497 e. The maximum atomic E-state index is 13.3. The molecule has 6 nitrogen and oxygen atoms in total. The first-order valence-corrected chi connectivity index (χ1v) is 11.7. The Labute approximate surface area is 197 Å². The monoisotopic (exact) mass is 450 g/mol. The van der Waals surface area contributed by atoms with Crippen LogP contribution in [0.15, 0.2) is 78.9 Å². The first-order valence-electron chi connectivity index (χ1n) is 11.7. The molecule has 2 aromatic heterocycles. The van der Waals surface area contributed by atoms with Gasteiger partial charge in [-0.15, -0.1) is 0 Å². The molecule has 3 heterocycles. The molecule has 0 saturated carbocycles. The van der Waals surface area contributed by atoms with E-state index in [0.717, 1.165) is 51.9 Å². The maximum absolute atomic E-state index is 13.3. The van der Waals surface area contributed by atoms with Gasteiger partial charge in [-0.25, -0.2) is 4.98 Å². The first kappa shape index (κ1) is 20.5. The second-order valence-corrected chi connectivity index (χ2v) is 8.82. The Balaban J connectivity index is 1.26.